The van der Waals surface area contributed by atoms with E-state index in [0.29, 0.717) is 11.3 Å². The Labute approximate surface area is 143 Å². The van der Waals surface area contributed by atoms with Gasteiger partial charge >= 0.3 is 5.97 Å². The number of hydrogen-bond acceptors (Lipinski definition) is 6. The third-order valence-electron chi connectivity index (χ3n) is 3.69. The molecule has 2 unspecified atom stereocenters. The molecule has 0 bridgehead atoms. The minimum atomic E-state index is -1.47. The van der Waals surface area contributed by atoms with Crippen molar-refractivity contribution in [2.24, 2.45) is 0 Å². The number of nitrogens with zero attached hydrogens (tertiary/aromatic N) is 1. The van der Waals surface area contributed by atoms with Gasteiger partial charge in [0.1, 0.15) is 18.3 Å². The quantitative estimate of drug-likeness (QED) is 0.593. The number of aliphatic hydroxyl groups excluding tert-OH is 1. The molecule has 2 amide bonds. The van der Waals surface area contributed by atoms with Crippen LogP contribution in [0.1, 0.15) is 24.2 Å². The first kappa shape index (κ1) is 18.4. The van der Waals surface area contributed by atoms with Crippen LogP contribution in [0.2, 0.25) is 0 Å². The summed E-state index contributed by atoms with van der Waals surface area (Å²) < 4.78 is 5.46. The van der Waals surface area contributed by atoms with E-state index in [2.05, 4.69) is 5.32 Å². The summed E-state index contributed by atoms with van der Waals surface area (Å²) in [6, 6.07) is 3.06. The maximum atomic E-state index is 12.4. The summed E-state index contributed by atoms with van der Waals surface area (Å²) in [4.78, 5) is 48.0. The molecule has 2 atom stereocenters. The number of rotatable bonds is 6. The minimum absolute atomic E-state index is 0.218. The molecule has 0 saturated carbocycles. The molecule has 1 aromatic rings. The standard InChI is InChI=1S/C16H18N2O7/c1-8(20)10-3-4-13-12(5-10)18(15(22)9(2)25-13)6-14(21)17-11(7-19)16(23)24/h3-5,9,11,19H,6-7H2,1-2H3,(H,17,21)(H,23,24). The molecule has 9 nitrogen and oxygen atoms in total. The van der Waals surface area contributed by atoms with Crippen molar-refractivity contribution in [1.82, 2.24) is 5.32 Å². The summed E-state index contributed by atoms with van der Waals surface area (Å²) >= 11 is 0. The lowest BCUT2D eigenvalue weighted by Crippen LogP contribution is -2.52. The lowest BCUT2D eigenvalue weighted by molar-refractivity contribution is -0.142. The average molecular weight is 350 g/mol. The van der Waals surface area contributed by atoms with Crippen molar-refractivity contribution >= 4 is 29.3 Å². The molecule has 0 saturated heterocycles. The fourth-order valence-corrected chi connectivity index (χ4v) is 2.36. The Morgan fingerprint density at radius 2 is 2.04 bits per heavy atom. The lowest BCUT2D eigenvalue weighted by Gasteiger charge is -2.33. The zero-order chi connectivity index (χ0) is 18.7. The number of carbonyl (C=O) groups excluding carboxylic acids is 3. The van der Waals surface area contributed by atoms with Gasteiger partial charge in [-0.1, -0.05) is 0 Å². The van der Waals surface area contributed by atoms with Gasteiger partial charge in [0.15, 0.2) is 11.9 Å². The Hall–Kier alpha value is -2.94. The normalized spacial score (nSPS) is 17.3. The van der Waals surface area contributed by atoms with E-state index in [9.17, 15) is 19.2 Å². The predicted octanol–water partition coefficient (Wildman–Crippen LogP) is -0.435. The van der Waals surface area contributed by atoms with Gasteiger partial charge in [-0.2, -0.15) is 0 Å². The topological polar surface area (TPSA) is 133 Å². The van der Waals surface area contributed by atoms with E-state index in [1.807, 2.05) is 0 Å². The van der Waals surface area contributed by atoms with Crippen LogP contribution < -0.4 is 15.0 Å². The van der Waals surface area contributed by atoms with Gasteiger partial charge in [0.2, 0.25) is 5.91 Å². The van der Waals surface area contributed by atoms with Crippen LogP contribution in [0.25, 0.3) is 0 Å². The second-order valence-electron chi connectivity index (χ2n) is 5.56. The zero-order valence-corrected chi connectivity index (χ0v) is 13.7. The lowest BCUT2D eigenvalue weighted by atomic mass is 10.1. The number of anilines is 1. The molecule has 0 aromatic heterocycles. The summed E-state index contributed by atoms with van der Waals surface area (Å²) in [6.45, 7) is 1.64. The fraction of sp³-hybridized carbons (Fsp3) is 0.375. The number of carbonyl (C=O) groups is 4. The molecule has 9 heteroatoms. The first-order valence-electron chi connectivity index (χ1n) is 7.50. The summed E-state index contributed by atoms with van der Waals surface area (Å²) in [5.41, 5.74) is 0.593. The van der Waals surface area contributed by atoms with E-state index in [1.54, 1.807) is 6.07 Å². The maximum Gasteiger partial charge on any atom is 0.328 e. The molecule has 1 aliphatic heterocycles. The van der Waals surface area contributed by atoms with E-state index >= 15 is 0 Å². The molecule has 0 aliphatic carbocycles. The van der Waals surface area contributed by atoms with Crippen molar-refractivity contribution in [2.45, 2.75) is 26.0 Å². The van der Waals surface area contributed by atoms with Crippen LogP contribution >= 0.6 is 0 Å². The molecule has 1 heterocycles. The van der Waals surface area contributed by atoms with E-state index in [4.69, 9.17) is 14.9 Å². The van der Waals surface area contributed by atoms with Gasteiger partial charge in [-0.05, 0) is 32.0 Å². The first-order valence-corrected chi connectivity index (χ1v) is 7.50. The third kappa shape index (κ3) is 3.94. The monoisotopic (exact) mass is 350 g/mol. The van der Waals surface area contributed by atoms with Crippen LogP contribution in [0.5, 0.6) is 5.75 Å². The number of carboxylic acids is 1. The minimum Gasteiger partial charge on any atom is -0.480 e. The van der Waals surface area contributed by atoms with Crippen LogP contribution in [0.3, 0.4) is 0 Å². The smallest absolute Gasteiger partial charge is 0.328 e. The predicted molar refractivity (Wildman–Crippen MR) is 85.5 cm³/mol. The van der Waals surface area contributed by atoms with Gasteiger partial charge in [-0.3, -0.25) is 19.3 Å². The summed E-state index contributed by atoms with van der Waals surface area (Å²) in [5.74, 6) is -2.54. The average Bonchev–Trinajstić information content (AvgIpc) is 2.56. The van der Waals surface area contributed by atoms with E-state index < -0.39 is 43.1 Å². The van der Waals surface area contributed by atoms with Crippen molar-refractivity contribution in [3.05, 3.63) is 23.8 Å². The fourth-order valence-electron chi connectivity index (χ4n) is 2.36. The number of carboxylic acid groups (broad SMARTS) is 1. The van der Waals surface area contributed by atoms with Gasteiger partial charge in [0, 0.05) is 5.56 Å². The highest BCUT2D eigenvalue weighted by Gasteiger charge is 2.33. The van der Waals surface area contributed by atoms with Crippen molar-refractivity contribution in [2.75, 3.05) is 18.1 Å². The highest BCUT2D eigenvalue weighted by atomic mass is 16.5. The molecule has 2 rings (SSSR count). The molecule has 0 spiro atoms. The number of hydrogen-bond donors (Lipinski definition) is 3. The third-order valence-corrected chi connectivity index (χ3v) is 3.69. The number of aliphatic hydroxyl groups is 1. The van der Waals surface area contributed by atoms with Gasteiger partial charge in [-0.25, -0.2) is 4.79 Å². The van der Waals surface area contributed by atoms with Crippen molar-refractivity contribution < 1.29 is 34.1 Å². The number of benzene rings is 1. The Morgan fingerprint density at radius 3 is 2.60 bits per heavy atom. The van der Waals surface area contributed by atoms with E-state index in [-0.39, 0.29) is 11.5 Å². The number of fused-ring (bicyclic) bond motifs is 1. The van der Waals surface area contributed by atoms with Gasteiger partial charge in [-0.15, -0.1) is 0 Å². The number of ether oxygens (including phenoxy) is 1. The number of nitrogens with one attached hydrogen (secondary N) is 1. The van der Waals surface area contributed by atoms with Crippen LogP contribution in [-0.4, -0.2) is 59.1 Å². The van der Waals surface area contributed by atoms with Crippen molar-refractivity contribution in [1.29, 1.82) is 0 Å². The van der Waals surface area contributed by atoms with E-state index in [0.717, 1.165) is 4.90 Å². The molecule has 0 radical (unpaired) electrons. The Balaban J connectivity index is 2.29. The first-order chi connectivity index (χ1) is 11.7. The molecule has 25 heavy (non-hydrogen) atoms. The summed E-state index contributed by atoms with van der Waals surface area (Å²) in [7, 11) is 0. The van der Waals surface area contributed by atoms with E-state index in [1.165, 1.54) is 26.0 Å². The Bertz CT molecular complexity index is 731. The van der Waals surface area contributed by atoms with Gasteiger partial charge in [0.05, 0.1) is 12.3 Å². The van der Waals surface area contributed by atoms with Crippen LogP contribution in [0.4, 0.5) is 5.69 Å². The van der Waals surface area contributed by atoms with Crippen molar-refractivity contribution in [3.8, 4) is 5.75 Å². The van der Waals surface area contributed by atoms with Crippen LogP contribution in [0, 0.1) is 0 Å². The maximum absolute atomic E-state index is 12.4. The largest absolute Gasteiger partial charge is 0.480 e. The van der Waals surface area contributed by atoms with Crippen molar-refractivity contribution in [3.63, 3.8) is 0 Å². The number of amides is 2. The molecule has 1 aliphatic rings. The SMILES string of the molecule is CC(=O)c1ccc2c(c1)N(CC(=O)NC(CO)C(=O)O)C(=O)C(C)O2. The summed E-state index contributed by atoms with van der Waals surface area (Å²) in [6.07, 6.45) is -0.836. The van der Waals surface area contributed by atoms with Crippen LogP contribution in [0.15, 0.2) is 18.2 Å². The van der Waals surface area contributed by atoms with Gasteiger partial charge in [0.25, 0.3) is 5.91 Å². The van der Waals surface area contributed by atoms with Gasteiger partial charge < -0.3 is 20.3 Å². The Kier molecular flexibility index (Phi) is 5.38. The molecule has 0 fully saturated rings. The second kappa shape index (κ2) is 7.31. The second-order valence-corrected chi connectivity index (χ2v) is 5.56. The zero-order valence-electron chi connectivity index (χ0n) is 13.7. The highest BCUT2D eigenvalue weighted by molar-refractivity contribution is 6.05. The Morgan fingerprint density at radius 1 is 1.36 bits per heavy atom. The summed E-state index contributed by atoms with van der Waals surface area (Å²) in [5, 5.41) is 20.0. The highest BCUT2D eigenvalue weighted by Crippen LogP contribution is 2.34. The molecule has 3 N–H and O–H groups in total. The molecule has 134 valence electrons. The number of aliphatic carboxylic acids is 1. The molecular weight excluding hydrogens is 332 g/mol. The number of ketones is 1. The number of Topliss-reactive ketones (excluding diaryl/α,β-unsaturated/α-hetero) is 1. The van der Waals surface area contributed by atoms with Crippen LogP contribution in [-0.2, 0) is 14.4 Å². The molecular formula is C16H18N2O7. The molecule has 1 aromatic carbocycles.